The Morgan fingerprint density at radius 2 is 1.82 bits per heavy atom. The highest BCUT2D eigenvalue weighted by Crippen LogP contribution is 2.40. The largest absolute Gasteiger partial charge is 0.331 e. The van der Waals surface area contributed by atoms with Gasteiger partial charge in [-0.05, 0) is 48.8 Å². The summed E-state index contributed by atoms with van der Waals surface area (Å²) in [6, 6.07) is 4.28. The molecule has 0 unspecified atom stereocenters. The van der Waals surface area contributed by atoms with E-state index in [0.717, 1.165) is 29.0 Å². The second kappa shape index (κ2) is 9.21. The molecule has 33 heavy (non-hydrogen) atoms. The first-order valence-corrected chi connectivity index (χ1v) is 11.7. The Kier molecular flexibility index (Phi) is 6.68. The molecule has 1 aliphatic carbocycles. The number of hydrogen-bond donors (Lipinski definition) is 1. The van der Waals surface area contributed by atoms with E-state index in [1.54, 1.807) is 6.26 Å². The van der Waals surface area contributed by atoms with Crippen LogP contribution in [0.3, 0.4) is 0 Å². The predicted molar refractivity (Wildman–Crippen MR) is 114 cm³/mol. The van der Waals surface area contributed by atoms with Gasteiger partial charge in [-0.3, -0.25) is 9.52 Å². The minimum Gasteiger partial charge on any atom is -0.331 e. The minimum atomic E-state index is -3.28. The molecule has 1 heterocycles. The zero-order chi connectivity index (χ0) is 23.9. The molecule has 0 bridgehead atoms. The van der Waals surface area contributed by atoms with Crippen LogP contribution in [0.1, 0.15) is 18.4 Å². The molecule has 1 aliphatic heterocycles. The average Bonchev–Trinajstić information content (AvgIpc) is 2.96. The Hall–Kier alpha value is -2.20. The summed E-state index contributed by atoms with van der Waals surface area (Å²) in [6.45, 7) is -0.849. The highest BCUT2D eigenvalue weighted by atomic mass is 32.2. The van der Waals surface area contributed by atoms with Crippen LogP contribution < -0.4 is 4.72 Å². The van der Waals surface area contributed by atoms with Gasteiger partial charge in [0.15, 0.2) is 0 Å². The summed E-state index contributed by atoms with van der Waals surface area (Å²) in [6.07, 6.45) is 0.174. The number of benzene rings is 2. The zero-order valence-corrected chi connectivity index (χ0v) is 18.4. The van der Waals surface area contributed by atoms with Crippen molar-refractivity contribution in [1.82, 2.24) is 9.62 Å². The fourth-order valence-electron chi connectivity index (χ4n) is 4.54. The van der Waals surface area contributed by atoms with Crippen molar-refractivity contribution >= 4 is 17.9 Å². The number of halogens is 6. The SMILES string of the molecule is CSN[C@@H]1[C@H](Cc2cccc(-c3cc(F)cc(F)c3)c2F)N(C(=O)[C@H]2C[C@H](F)C2)CC1(F)F. The van der Waals surface area contributed by atoms with Crippen molar-refractivity contribution in [2.24, 2.45) is 5.92 Å². The molecule has 0 radical (unpaired) electrons. The van der Waals surface area contributed by atoms with Crippen LogP contribution in [0.5, 0.6) is 0 Å². The lowest BCUT2D eigenvalue weighted by molar-refractivity contribution is -0.142. The van der Waals surface area contributed by atoms with Gasteiger partial charge >= 0.3 is 0 Å². The number of nitrogens with zero attached hydrogens (tertiary/aromatic N) is 1. The number of alkyl halides is 3. The van der Waals surface area contributed by atoms with E-state index < -0.39 is 60.0 Å². The van der Waals surface area contributed by atoms with Crippen LogP contribution in [-0.2, 0) is 11.2 Å². The topological polar surface area (TPSA) is 32.3 Å². The maximum atomic E-state index is 15.4. The molecule has 3 nitrogen and oxygen atoms in total. The monoisotopic (exact) mass is 488 g/mol. The molecule has 1 saturated carbocycles. The molecule has 2 aromatic carbocycles. The van der Waals surface area contributed by atoms with Crippen molar-refractivity contribution < 1.29 is 31.1 Å². The summed E-state index contributed by atoms with van der Waals surface area (Å²) in [5.41, 5.74) is -0.0801. The number of hydrogen-bond acceptors (Lipinski definition) is 3. The normalized spacial score (nSPS) is 26.3. The van der Waals surface area contributed by atoms with Crippen LogP contribution in [0, 0.1) is 23.4 Å². The third-order valence-electron chi connectivity index (χ3n) is 6.26. The second-order valence-corrected chi connectivity index (χ2v) is 9.14. The third kappa shape index (κ3) is 4.73. The Bertz CT molecular complexity index is 1030. The van der Waals surface area contributed by atoms with Gasteiger partial charge in [-0.15, -0.1) is 0 Å². The van der Waals surface area contributed by atoms with Crippen LogP contribution in [0.4, 0.5) is 26.3 Å². The highest BCUT2D eigenvalue weighted by molar-refractivity contribution is 7.96. The number of amides is 1. The molecule has 1 saturated heterocycles. The first kappa shape index (κ1) is 23.9. The van der Waals surface area contributed by atoms with E-state index in [9.17, 15) is 26.7 Å². The van der Waals surface area contributed by atoms with E-state index in [1.165, 1.54) is 18.2 Å². The standard InChI is InChI=1S/C23H22F6N2OS/c1-33-30-21-19(31(11-23(21,28)29)22(32)14-7-15(24)8-14)9-12-3-2-4-18(20(12)27)13-5-16(25)10-17(26)6-13/h2-6,10,14-15,19,21,30H,7-9,11H2,1H3/t14-,15-,19-,21+/m0/s1. The predicted octanol–water partition coefficient (Wildman–Crippen LogP) is 5.14. The second-order valence-electron chi connectivity index (χ2n) is 8.50. The van der Waals surface area contributed by atoms with Gasteiger partial charge in [-0.2, -0.15) is 0 Å². The maximum Gasteiger partial charge on any atom is 0.283 e. The van der Waals surface area contributed by atoms with Gasteiger partial charge in [0, 0.05) is 17.5 Å². The molecular formula is C23H22F6N2OS. The van der Waals surface area contributed by atoms with Crippen molar-refractivity contribution in [3.8, 4) is 11.1 Å². The van der Waals surface area contributed by atoms with Gasteiger partial charge in [0.25, 0.3) is 5.92 Å². The summed E-state index contributed by atoms with van der Waals surface area (Å²) in [7, 11) is 0. The van der Waals surface area contributed by atoms with Gasteiger partial charge < -0.3 is 4.90 Å². The number of carbonyl (C=O) groups is 1. The molecule has 10 heteroatoms. The lowest BCUT2D eigenvalue weighted by Crippen LogP contribution is -2.50. The molecule has 2 atom stereocenters. The fourth-order valence-corrected chi connectivity index (χ4v) is 5.13. The quantitative estimate of drug-likeness (QED) is 0.451. The van der Waals surface area contributed by atoms with Gasteiger partial charge in [0.05, 0.1) is 12.6 Å². The van der Waals surface area contributed by atoms with Crippen LogP contribution in [0.2, 0.25) is 0 Å². The Labute approximate surface area is 191 Å². The Balaban J connectivity index is 1.67. The van der Waals surface area contributed by atoms with Gasteiger partial charge in [-0.25, -0.2) is 26.3 Å². The summed E-state index contributed by atoms with van der Waals surface area (Å²) in [5, 5.41) is 0. The molecule has 0 aromatic heterocycles. The molecule has 4 rings (SSSR count). The summed E-state index contributed by atoms with van der Waals surface area (Å²) in [4.78, 5) is 13.9. The first-order chi connectivity index (χ1) is 15.6. The van der Waals surface area contributed by atoms with Gasteiger partial charge in [0.2, 0.25) is 5.91 Å². The van der Waals surface area contributed by atoms with E-state index in [0.29, 0.717) is 6.07 Å². The zero-order valence-electron chi connectivity index (χ0n) is 17.6. The molecular weight excluding hydrogens is 466 g/mol. The first-order valence-electron chi connectivity index (χ1n) is 10.5. The summed E-state index contributed by atoms with van der Waals surface area (Å²) >= 11 is 0.960. The van der Waals surface area contributed by atoms with E-state index in [2.05, 4.69) is 4.72 Å². The number of nitrogens with one attached hydrogen (secondary N) is 1. The summed E-state index contributed by atoms with van der Waals surface area (Å²) < 4.78 is 88.3. The fraction of sp³-hybridized carbons (Fsp3) is 0.435. The van der Waals surface area contributed by atoms with Crippen molar-refractivity contribution in [2.75, 3.05) is 12.8 Å². The molecule has 1 amide bonds. The maximum absolute atomic E-state index is 15.4. The summed E-state index contributed by atoms with van der Waals surface area (Å²) in [5.74, 6) is -7.07. The van der Waals surface area contributed by atoms with Crippen molar-refractivity contribution in [2.45, 2.75) is 43.4 Å². The van der Waals surface area contributed by atoms with E-state index in [-0.39, 0.29) is 36.0 Å². The van der Waals surface area contributed by atoms with Crippen molar-refractivity contribution in [3.05, 3.63) is 59.4 Å². The van der Waals surface area contributed by atoms with Crippen LogP contribution in [0.15, 0.2) is 36.4 Å². The van der Waals surface area contributed by atoms with Crippen LogP contribution >= 0.6 is 11.9 Å². The molecule has 178 valence electrons. The highest BCUT2D eigenvalue weighted by Gasteiger charge is 2.57. The van der Waals surface area contributed by atoms with E-state index >= 15 is 4.39 Å². The lowest BCUT2D eigenvalue weighted by Gasteiger charge is -2.35. The average molecular weight is 488 g/mol. The molecule has 1 N–H and O–H groups in total. The smallest absolute Gasteiger partial charge is 0.283 e. The van der Waals surface area contributed by atoms with Crippen LogP contribution in [-0.4, -0.2) is 47.8 Å². The number of carbonyl (C=O) groups excluding carboxylic acids is 1. The molecule has 0 spiro atoms. The molecule has 2 fully saturated rings. The van der Waals surface area contributed by atoms with Gasteiger partial charge in [-0.1, -0.05) is 30.1 Å². The lowest BCUT2D eigenvalue weighted by atomic mass is 9.82. The Morgan fingerprint density at radius 3 is 2.42 bits per heavy atom. The van der Waals surface area contributed by atoms with Crippen LogP contribution in [0.25, 0.3) is 11.1 Å². The minimum absolute atomic E-state index is 0.0107. The van der Waals surface area contributed by atoms with E-state index in [1.807, 2.05) is 0 Å². The van der Waals surface area contributed by atoms with Gasteiger partial charge in [0.1, 0.15) is 29.7 Å². The van der Waals surface area contributed by atoms with Crippen molar-refractivity contribution in [1.29, 1.82) is 0 Å². The Morgan fingerprint density at radius 1 is 1.15 bits per heavy atom. The third-order valence-corrected chi connectivity index (χ3v) is 6.75. The molecule has 2 aromatic rings. The van der Waals surface area contributed by atoms with Crippen molar-refractivity contribution in [3.63, 3.8) is 0 Å². The van der Waals surface area contributed by atoms with E-state index in [4.69, 9.17) is 0 Å². The number of rotatable bonds is 6. The molecule has 2 aliphatic rings. The number of likely N-dealkylation sites (tertiary alicyclic amines) is 1.